The Morgan fingerprint density at radius 3 is 2.75 bits per heavy atom. The Balaban J connectivity index is 2.19. The lowest BCUT2D eigenvalue weighted by Gasteiger charge is -2.36. The van der Waals surface area contributed by atoms with Crippen molar-refractivity contribution in [1.29, 1.82) is 0 Å². The summed E-state index contributed by atoms with van der Waals surface area (Å²) in [4.78, 5) is 4.97. The molecule has 0 amide bonds. The zero-order valence-corrected chi connectivity index (χ0v) is 14.0. The lowest BCUT2D eigenvalue weighted by atomic mass is 9.95. The molecule has 4 heteroatoms. The van der Waals surface area contributed by atoms with E-state index in [2.05, 4.69) is 43.1 Å². The van der Waals surface area contributed by atoms with Gasteiger partial charge < -0.3 is 20.2 Å². The third-order valence-corrected chi connectivity index (χ3v) is 4.66. The van der Waals surface area contributed by atoms with E-state index >= 15 is 0 Å². The summed E-state index contributed by atoms with van der Waals surface area (Å²) in [5.41, 5.74) is -0.0988. The Morgan fingerprint density at radius 1 is 1.40 bits per heavy atom. The van der Waals surface area contributed by atoms with E-state index in [4.69, 9.17) is 0 Å². The highest BCUT2D eigenvalue weighted by atomic mass is 16.3. The Hall–Kier alpha value is -0.160. The van der Waals surface area contributed by atoms with Gasteiger partial charge in [-0.2, -0.15) is 0 Å². The Bertz CT molecular complexity index is 262. The number of aliphatic hydroxyl groups is 1. The molecule has 2 unspecified atom stereocenters. The number of rotatable bonds is 9. The van der Waals surface area contributed by atoms with Crippen molar-refractivity contribution in [2.45, 2.75) is 57.5 Å². The van der Waals surface area contributed by atoms with Gasteiger partial charge in [-0.1, -0.05) is 13.3 Å². The second kappa shape index (κ2) is 8.98. The van der Waals surface area contributed by atoms with Gasteiger partial charge in [0.1, 0.15) is 0 Å². The fourth-order valence-electron chi connectivity index (χ4n) is 3.21. The highest BCUT2D eigenvalue weighted by molar-refractivity contribution is 4.82. The zero-order valence-electron chi connectivity index (χ0n) is 14.0. The lowest BCUT2D eigenvalue weighted by molar-refractivity contribution is 0.129. The normalized spacial score (nSPS) is 24.0. The van der Waals surface area contributed by atoms with Crippen LogP contribution in [0.3, 0.4) is 0 Å². The van der Waals surface area contributed by atoms with E-state index in [0.717, 1.165) is 19.0 Å². The minimum Gasteiger partial charge on any atom is -0.394 e. The quantitative estimate of drug-likeness (QED) is 0.630. The number of unbranched alkanes of at least 4 members (excludes halogenated alkanes) is 1. The molecule has 1 saturated heterocycles. The summed E-state index contributed by atoms with van der Waals surface area (Å²) < 4.78 is 0. The van der Waals surface area contributed by atoms with Gasteiger partial charge in [-0.3, -0.25) is 0 Å². The predicted molar refractivity (Wildman–Crippen MR) is 86.2 cm³/mol. The molecule has 0 aliphatic carbocycles. The SMILES string of the molecule is CCNC(C)(CO)CCCCN(C)C1CCCN(C)C1. The molecule has 1 fully saturated rings. The molecule has 1 heterocycles. The number of hydrogen-bond acceptors (Lipinski definition) is 4. The number of nitrogens with one attached hydrogen (secondary N) is 1. The summed E-state index contributed by atoms with van der Waals surface area (Å²) >= 11 is 0. The zero-order chi connectivity index (χ0) is 15.0. The van der Waals surface area contributed by atoms with E-state index in [1.54, 1.807) is 0 Å². The van der Waals surface area contributed by atoms with Gasteiger partial charge in [0.05, 0.1) is 6.61 Å². The number of likely N-dealkylation sites (tertiary alicyclic amines) is 1. The van der Waals surface area contributed by atoms with Crippen LogP contribution in [0.15, 0.2) is 0 Å². The van der Waals surface area contributed by atoms with E-state index in [0.29, 0.717) is 0 Å². The number of aliphatic hydroxyl groups excluding tert-OH is 1. The molecule has 20 heavy (non-hydrogen) atoms. The summed E-state index contributed by atoms with van der Waals surface area (Å²) in [5.74, 6) is 0. The fraction of sp³-hybridized carbons (Fsp3) is 1.00. The van der Waals surface area contributed by atoms with Gasteiger partial charge in [0.25, 0.3) is 0 Å². The van der Waals surface area contributed by atoms with Crippen LogP contribution in [0.2, 0.25) is 0 Å². The van der Waals surface area contributed by atoms with Crippen molar-refractivity contribution in [1.82, 2.24) is 15.1 Å². The standard InChI is InChI=1S/C16H35N3O/c1-5-17-16(2,14-20)10-6-7-12-19(4)15-9-8-11-18(3)13-15/h15,17,20H,5-14H2,1-4H3. The van der Waals surface area contributed by atoms with Crippen LogP contribution < -0.4 is 5.32 Å². The summed E-state index contributed by atoms with van der Waals surface area (Å²) in [6.45, 7) is 9.00. The molecule has 4 nitrogen and oxygen atoms in total. The van der Waals surface area contributed by atoms with Crippen molar-refractivity contribution >= 4 is 0 Å². The van der Waals surface area contributed by atoms with Gasteiger partial charge in [0.15, 0.2) is 0 Å². The van der Waals surface area contributed by atoms with Crippen molar-refractivity contribution in [3.8, 4) is 0 Å². The molecule has 120 valence electrons. The van der Waals surface area contributed by atoms with Crippen molar-refractivity contribution in [3.05, 3.63) is 0 Å². The largest absolute Gasteiger partial charge is 0.394 e. The fourth-order valence-corrected chi connectivity index (χ4v) is 3.21. The number of hydrogen-bond donors (Lipinski definition) is 2. The molecule has 0 radical (unpaired) electrons. The maximum Gasteiger partial charge on any atom is 0.0610 e. The maximum atomic E-state index is 9.48. The van der Waals surface area contributed by atoms with E-state index in [9.17, 15) is 5.11 Å². The monoisotopic (exact) mass is 285 g/mol. The van der Waals surface area contributed by atoms with Crippen LogP contribution in [0.1, 0.15) is 46.0 Å². The Morgan fingerprint density at radius 2 is 2.15 bits per heavy atom. The van der Waals surface area contributed by atoms with Crippen LogP contribution in [0.5, 0.6) is 0 Å². The van der Waals surface area contributed by atoms with E-state index in [1.807, 2.05) is 0 Å². The maximum absolute atomic E-state index is 9.48. The first-order valence-corrected chi connectivity index (χ1v) is 8.25. The summed E-state index contributed by atoms with van der Waals surface area (Å²) in [6, 6.07) is 0.728. The van der Waals surface area contributed by atoms with Gasteiger partial charge in [-0.15, -0.1) is 0 Å². The third-order valence-electron chi connectivity index (χ3n) is 4.66. The van der Waals surface area contributed by atoms with Crippen molar-refractivity contribution in [3.63, 3.8) is 0 Å². The first-order valence-electron chi connectivity index (χ1n) is 8.25. The third kappa shape index (κ3) is 6.08. The van der Waals surface area contributed by atoms with Crippen molar-refractivity contribution < 1.29 is 5.11 Å². The highest BCUT2D eigenvalue weighted by Crippen LogP contribution is 2.16. The van der Waals surface area contributed by atoms with Crippen LogP contribution in [0.25, 0.3) is 0 Å². The average Bonchev–Trinajstić information content (AvgIpc) is 2.44. The topological polar surface area (TPSA) is 38.7 Å². The molecule has 1 aliphatic rings. The van der Waals surface area contributed by atoms with Crippen LogP contribution >= 0.6 is 0 Å². The molecule has 2 atom stereocenters. The molecule has 2 N–H and O–H groups in total. The molecule has 0 aromatic heterocycles. The summed E-state index contributed by atoms with van der Waals surface area (Å²) in [6.07, 6.45) is 6.12. The molecular weight excluding hydrogens is 250 g/mol. The first-order chi connectivity index (χ1) is 9.50. The smallest absolute Gasteiger partial charge is 0.0610 e. The first kappa shape index (κ1) is 17.9. The molecular formula is C16H35N3O. The van der Waals surface area contributed by atoms with Gasteiger partial charge in [-0.05, 0) is 66.3 Å². The number of piperidine rings is 1. The molecule has 0 aromatic carbocycles. The lowest BCUT2D eigenvalue weighted by Crippen LogP contribution is -2.46. The molecule has 0 saturated carbocycles. The van der Waals surface area contributed by atoms with E-state index in [-0.39, 0.29) is 12.1 Å². The molecule has 1 rings (SSSR count). The average molecular weight is 285 g/mol. The molecule has 1 aliphatic heterocycles. The van der Waals surface area contributed by atoms with Crippen molar-refractivity contribution in [2.24, 2.45) is 0 Å². The number of nitrogens with zero attached hydrogens (tertiary/aromatic N) is 2. The Kier molecular flexibility index (Phi) is 8.03. The Labute approximate surface area is 125 Å². The molecule has 0 aromatic rings. The van der Waals surface area contributed by atoms with E-state index in [1.165, 1.54) is 45.3 Å². The van der Waals surface area contributed by atoms with Gasteiger partial charge in [-0.25, -0.2) is 0 Å². The molecule has 0 spiro atoms. The second-order valence-electron chi connectivity index (χ2n) is 6.75. The summed E-state index contributed by atoms with van der Waals surface area (Å²) in [7, 11) is 4.49. The second-order valence-corrected chi connectivity index (χ2v) is 6.75. The summed E-state index contributed by atoms with van der Waals surface area (Å²) in [5, 5.41) is 12.9. The van der Waals surface area contributed by atoms with Crippen molar-refractivity contribution in [2.75, 3.05) is 46.9 Å². The minimum atomic E-state index is -0.0988. The van der Waals surface area contributed by atoms with Crippen LogP contribution in [-0.4, -0.2) is 73.4 Å². The van der Waals surface area contributed by atoms with Gasteiger partial charge in [0, 0.05) is 18.1 Å². The molecule has 0 bridgehead atoms. The predicted octanol–water partition coefficient (Wildman–Crippen LogP) is 1.54. The van der Waals surface area contributed by atoms with Crippen LogP contribution in [-0.2, 0) is 0 Å². The van der Waals surface area contributed by atoms with E-state index < -0.39 is 0 Å². The highest BCUT2D eigenvalue weighted by Gasteiger charge is 2.22. The van der Waals surface area contributed by atoms with Gasteiger partial charge in [0.2, 0.25) is 0 Å². The van der Waals surface area contributed by atoms with Crippen LogP contribution in [0.4, 0.5) is 0 Å². The van der Waals surface area contributed by atoms with Gasteiger partial charge >= 0.3 is 0 Å². The number of likely N-dealkylation sites (N-methyl/N-ethyl adjacent to an activating group) is 3. The van der Waals surface area contributed by atoms with Crippen LogP contribution in [0, 0.1) is 0 Å². The minimum absolute atomic E-state index is 0.0988.